The molecule has 0 radical (unpaired) electrons. The maximum absolute atomic E-state index is 14.9. The van der Waals surface area contributed by atoms with Gasteiger partial charge in [0.25, 0.3) is 5.92 Å². The predicted molar refractivity (Wildman–Crippen MR) is 113 cm³/mol. The summed E-state index contributed by atoms with van der Waals surface area (Å²) in [5, 5.41) is 4.74. The number of nitrogens with one attached hydrogen (secondary N) is 2. The summed E-state index contributed by atoms with van der Waals surface area (Å²) in [6.45, 7) is 0.795. The van der Waals surface area contributed by atoms with Crippen molar-refractivity contribution in [2.75, 3.05) is 12.4 Å². The van der Waals surface area contributed by atoms with Crippen LogP contribution in [0.4, 0.5) is 23.7 Å². The zero-order valence-electron chi connectivity index (χ0n) is 17.7. The Morgan fingerprint density at radius 2 is 1.91 bits per heavy atom. The number of urea groups is 1. The SMILES string of the molecule is COc1ccc(COCc2cc3c(cc2F)[C@@](C#CC2CC2)(C(C)(F)F)NC(=O)N3)cc1. The third-order valence-corrected chi connectivity index (χ3v) is 5.52. The van der Waals surface area contributed by atoms with E-state index in [1.165, 1.54) is 6.07 Å². The number of benzene rings is 2. The molecule has 4 rings (SSSR count). The van der Waals surface area contributed by atoms with Gasteiger partial charge in [-0.3, -0.25) is 0 Å². The first-order chi connectivity index (χ1) is 15.2. The van der Waals surface area contributed by atoms with E-state index in [0.717, 1.165) is 24.5 Å². The van der Waals surface area contributed by atoms with E-state index in [1.54, 1.807) is 19.2 Å². The topological polar surface area (TPSA) is 59.6 Å². The van der Waals surface area contributed by atoms with E-state index in [1.807, 2.05) is 12.1 Å². The first-order valence-electron chi connectivity index (χ1n) is 10.2. The van der Waals surface area contributed by atoms with Gasteiger partial charge < -0.3 is 20.1 Å². The van der Waals surface area contributed by atoms with Crippen LogP contribution in [0.5, 0.6) is 5.75 Å². The van der Waals surface area contributed by atoms with Crippen LogP contribution in [0, 0.1) is 23.6 Å². The van der Waals surface area contributed by atoms with E-state index in [-0.39, 0.29) is 35.9 Å². The van der Waals surface area contributed by atoms with Gasteiger partial charge in [0, 0.05) is 29.7 Å². The Labute approximate surface area is 184 Å². The van der Waals surface area contributed by atoms with Crippen LogP contribution in [0.3, 0.4) is 0 Å². The molecule has 2 aromatic rings. The Bertz CT molecular complexity index is 1080. The summed E-state index contributed by atoms with van der Waals surface area (Å²) in [6, 6.07) is 8.74. The van der Waals surface area contributed by atoms with E-state index < -0.39 is 23.3 Å². The number of carbonyl (C=O) groups excluding carboxylic acids is 1. The lowest BCUT2D eigenvalue weighted by Gasteiger charge is -2.40. The van der Waals surface area contributed by atoms with Crippen molar-refractivity contribution in [2.24, 2.45) is 5.92 Å². The lowest BCUT2D eigenvalue weighted by molar-refractivity contribution is -0.0465. The van der Waals surface area contributed by atoms with Gasteiger partial charge >= 0.3 is 6.03 Å². The third kappa shape index (κ3) is 4.39. The molecule has 32 heavy (non-hydrogen) atoms. The summed E-state index contributed by atoms with van der Waals surface area (Å²) in [7, 11) is 1.57. The van der Waals surface area contributed by atoms with E-state index >= 15 is 0 Å². The second-order valence-corrected chi connectivity index (χ2v) is 8.09. The molecule has 5 nitrogen and oxygen atoms in total. The molecule has 0 unspecified atom stereocenters. The molecule has 1 fully saturated rings. The minimum Gasteiger partial charge on any atom is -0.497 e. The summed E-state index contributed by atoms with van der Waals surface area (Å²) in [5.74, 6) is 1.95. The number of hydrogen-bond acceptors (Lipinski definition) is 3. The molecular formula is C24H23F3N2O3. The zero-order valence-corrected chi connectivity index (χ0v) is 17.7. The molecule has 0 bridgehead atoms. The van der Waals surface area contributed by atoms with Gasteiger partial charge in [0.15, 0.2) is 5.54 Å². The summed E-state index contributed by atoms with van der Waals surface area (Å²) in [6.07, 6.45) is 1.66. The molecule has 1 atom stereocenters. The maximum Gasteiger partial charge on any atom is 0.320 e. The van der Waals surface area contributed by atoms with Gasteiger partial charge in [0.05, 0.1) is 20.3 Å². The summed E-state index contributed by atoms with van der Waals surface area (Å²) in [5.41, 5.74) is -1.32. The fourth-order valence-corrected chi connectivity index (χ4v) is 3.53. The second kappa shape index (κ2) is 8.40. The third-order valence-electron chi connectivity index (χ3n) is 5.52. The van der Waals surface area contributed by atoms with Crippen molar-refractivity contribution in [1.82, 2.24) is 5.32 Å². The van der Waals surface area contributed by atoms with Gasteiger partial charge in [-0.1, -0.05) is 24.0 Å². The molecular weight excluding hydrogens is 421 g/mol. The molecule has 1 aliphatic carbocycles. The normalized spacial score (nSPS) is 19.8. The Kier molecular flexibility index (Phi) is 5.78. The molecule has 2 aliphatic rings. The Morgan fingerprint density at radius 1 is 1.19 bits per heavy atom. The lowest BCUT2D eigenvalue weighted by atomic mass is 9.81. The smallest absolute Gasteiger partial charge is 0.320 e. The highest BCUT2D eigenvalue weighted by molar-refractivity contribution is 5.95. The largest absolute Gasteiger partial charge is 0.497 e. The molecule has 0 aromatic heterocycles. The van der Waals surface area contributed by atoms with Crippen LogP contribution in [0.2, 0.25) is 0 Å². The number of alkyl halides is 2. The molecule has 0 saturated heterocycles. The van der Waals surface area contributed by atoms with Crippen LogP contribution < -0.4 is 15.4 Å². The first-order valence-corrected chi connectivity index (χ1v) is 10.2. The van der Waals surface area contributed by atoms with Gasteiger partial charge in [-0.25, -0.2) is 18.0 Å². The van der Waals surface area contributed by atoms with Gasteiger partial charge in [-0.15, -0.1) is 0 Å². The van der Waals surface area contributed by atoms with Crippen LogP contribution in [0.1, 0.15) is 36.5 Å². The molecule has 2 N–H and O–H groups in total. The summed E-state index contributed by atoms with van der Waals surface area (Å²) < 4.78 is 55.1. The highest BCUT2D eigenvalue weighted by atomic mass is 19.3. The van der Waals surface area contributed by atoms with Gasteiger partial charge in [0.1, 0.15) is 11.6 Å². The first kappa shape index (κ1) is 22.0. The highest BCUT2D eigenvalue weighted by Gasteiger charge is 2.55. The van der Waals surface area contributed by atoms with E-state index in [4.69, 9.17) is 9.47 Å². The Morgan fingerprint density at radius 3 is 2.53 bits per heavy atom. The fraction of sp³-hybridized carbons (Fsp3) is 0.375. The molecule has 2 aromatic carbocycles. The van der Waals surface area contributed by atoms with Crippen LogP contribution in [0.25, 0.3) is 0 Å². The minimum atomic E-state index is -3.44. The lowest BCUT2D eigenvalue weighted by Crippen LogP contribution is -2.59. The van der Waals surface area contributed by atoms with E-state index in [9.17, 15) is 18.0 Å². The number of fused-ring (bicyclic) bond motifs is 1. The molecule has 2 amide bonds. The van der Waals surface area contributed by atoms with Crippen LogP contribution >= 0.6 is 0 Å². The van der Waals surface area contributed by atoms with Crippen molar-refractivity contribution in [3.8, 4) is 17.6 Å². The minimum absolute atomic E-state index is 0.0277. The van der Waals surface area contributed by atoms with Crippen molar-refractivity contribution >= 4 is 11.7 Å². The van der Waals surface area contributed by atoms with Crippen molar-refractivity contribution < 1.29 is 27.4 Å². The average molecular weight is 444 g/mol. The molecule has 1 aliphatic heterocycles. The zero-order chi connectivity index (χ0) is 22.9. The number of methoxy groups -OCH3 is 1. The second-order valence-electron chi connectivity index (χ2n) is 8.09. The number of halogens is 3. The van der Waals surface area contributed by atoms with E-state index in [2.05, 4.69) is 22.5 Å². The molecule has 1 heterocycles. The summed E-state index contributed by atoms with van der Waals surface area (Å²) >= 11 is 0. The number of hydrogen-bond donors (Lipinski definition) is 2. The monoisotopic (exact) mass is 444 g/mol. The fourth-order valence-electron chi connectivity index (χ4n) is 3.53. The number of carbonyl (C=O) groups is 1. The number of anilines is 1. The number of ether oxygens (including phenoxy) is 2. The van der Waals surface area contributed by atoms with Crippen LogP contribution in [-0.2, 0) is 23.5 Å². The molecule has 1 saturated carbocycles. The highest BCUT2D eigenvalue weighted by Crippen LogP contribution is 2.44. The summed E-state index contributed by atoms with van der Waals surface area (Å²) in [4.78, 5) is 12.2. The molecule has 8 heteroatoms. The van der Waals surface area contributed by atoms with Crippen molar-refractivity contribution in [1.29, 1.82) is 0 Å². The van der Waals surface area contributed by atoms with Crippen molar-refractivity contribution in [3.63, 3.8) is 0 Å². The average Bonchev–Trinajstić information content (AvgIpc) is 3.57. The van der Waals surface area contributed by atoms with Gasteiger partial charge in [0.2, 0.25) is 0 Å². The standard InChI is InChI=1S/C24H23F3N2O3/c1-23(26,27)24(10-9-15-3-4-15)19-12-20(25)17(11-21(19)28-22(30)29-24)14-32-13-16-5-7-18(31-2)8-6-16/h5-8,11-12,15H,3-4,13-14H2,1-2H3,(H2,28,29,30)/t24-/m0/s1. The molecule has 168 valence electrons. The predicted octanol–water partition coefficient (Wildman–Crippen LogP) is 4.95. The Balaban J connectivity index is 1.60. The maximum atomic E-state index is 14.9. The van der Waals surface area contributed by atoms with Gasteiger partial charge in [-0.2, -0.15) is 0 Å². The number of rotatable bonds is 6. The quantitative estimate of drug-likeness (QED) is 0.620. The van der Waals surface area contributed by atoms with Gasteiger partial charge in [-0.05, 0) is 42.7 Å². The molecule has 0 spiro atoms. The van der Waals surface area contributed by atoms with Crippen molar-refractivity contribution in [2.45, 2.75) is 44.4 Å². The number of amides is 2. The van der Waals surface area contributed by atoms with Crippen LogP contribution in [0.15, 0.2) is 36.4 Å². The Hall–Kier alpha value is -3.18. The van der Waals surface area contributed by atoms with Crippen molar-refractivity contribution in [3.05, 3.63) is 58.9 Å². The van der Waals surface area contributed by atoms with Crippen LogP contribution in [-0.4, -0.2) is 19.1 Å². The van der Waals surface area contributed by atoms with E-state index in [0.29, 0.717) is 12.7 Å².